The fourth-order valence-corrected chi connectivity index (χ4v) is 3.71. The summed E-state index contributed by atoms with van der Waals surface area (Å²) in [4.78, 5) is 15.8. The van der Waals surface area contributed by atoms with E-state index >= 15 is 0 Å². The molecule has 2 N–H and O–H groups in total. The zero-order chi connectivity index (χ0) is 17.4. The van der Waals surface area contributed by atoms with Gasteiger partial charge in [-0.2, -0.15) is 0 Å². The minimum Gasteiger partial charge on any atom is -0.454 e. The van der Waals surface area contributed by atoms with Crippen LogP contribution in [0.15, 0.2) is 30.9 Å². The van der Waals surface area contributed by atoms with E-state index in [2.05, 4.69) is 37.4 Å². The summed E-state index contributed by atoms with van der Waals surface area (Å²) in [6.07, 6.45) is 5.02. The van der Waals surface area contributed by atoms with Crippen molar-refractivity contribution in [2.45, 2.75) is 18.3 Å². The highest BCUT2D eigenvalue weighted by Crippen LogP contribution is 2.41. The molecule has 2 aliphatic rings. The van der Waals surface area contributed by atoms with Crippen LogP contribution in [0.4, 0.5) is 5.82 Å². The van der Waals surface area contributed by atoms with E-state index in [-0.39, 0.29) is 12.2 Å². The van der Waals surface area contributed by atoms with E-state index in [0.717, 1.165) is 55.4 Å². The third-order valence-corrected chi connectivity index (χ3v) is 5.25. The molecule has 0 bridgehead atoms. The molecule has 0 radical (unpaired) electrons. The number of rotatable bonds is 4. The van der Waals surface area contributed by atoms with E-state index in [1.165, 1.54) is 11.9 Å². The van der Waals surface area contributed by atoms with Crippen molar-refractivity contribution in [3.05, 3.63) is 36.4 Å². The predicted molar refractivity (Wildman–Crippen MR) is 94.5 cm³/mol. The Bertz CT molecular complexity index is 935. The molecule has 0 amide bonds. The molecule has 4 heterocycles. The lowest BCUT2D eigenvalue weighted by atomic mass is 9.74. The monoisotopic (exact) mass is 353 g/mol. The van der Waals surface area contributed by atoms with E-state index in [1.807, 2.05) is 6.07 Å². The van der Waals surface area contributed by atoms with Crippen molar-refractivity contribution in [3.8, 4) is 11.5 Å². The van der Waals surface area contributed by atoms with Gasteiger partial charge in [0.15, 0.2) is 23.0 Å². The molecule has 1 aromatic carbocycles. The van der Waals surface area contributed by atoms with Gasteiger partial charge in [-0.15, -0.1) is 0 Å². The Morgan fingerprint density at radius 3 is 2.88 bits per heavy atom. The van der Waals surface area contributed by atoms with Crippen LogP contribution in [0, 0.1) is 0 Å². The van der Waals surface area contributed by atoms with Gasteiger partial charge in [0.1, 0.15) is 11.8 Å². The third kappa shape index (κ3) is 2.53. The molecule has 26 heavy (non-hydrogen) atoms. The Kier molecular flexibility index (Phi) is 3.63. The van der Waals surface area contributed by atoms with Crippen molar-refractivity contribution in [2.75, 3.05) is 31.9 Å². The lowest BCUT2D eigenvalue weighted by molar-refractivity contribution is 0.0543. The van der Waals surface area contributed by atoms with Gasteiger partial charge in [-0.05, 0) is 30.5 Å². The van der Waals surface area contributed by atoms with Crippen LogP contribution in [0.1, 0.15) is 18.4 Å². The zero-order valence-corrected chi connectivity index (χ0v) is 14.2. The summed E-state index contributed by atoms with van der Waals surface area (Å²) in [5.74, 6) is 2.38. The first kappa shape index (κ1) is 15.4. The van der Waals surface area contributed by atoms with Crippen molar-refractivity contribution in [1.29, 1.82) is 0 Å². The number of H-pyrrole nitrogens is 1. The van der Waals surface area contributed by atoms with Crippen LogP contribution in [-0.4, -0.2) is 46.5 Å². The van der Waals surface area contributed by atoms with Gasteiger partial charge in [0.2, 0.25) is 6.79 Å². The van der Waals surface area contributed by atoms with Crippen LogP contribution in [0.25, 0.3) is 11.2 Å². The average Bonchev–Trinajstić information content (AvgIpc) is 3.35. The lowest BCUT2D eigenvalue weighted by Crippen LogP contribution is -2.40. The minimum absolute atomic E-state index is 0.0590. The van der Waals surface area contributed by atoms with Crippen molar-refractivity contribution in [3.63, 3.8) is 0 Å². The van der Waals surface area contributed by atoms with Gasteiger partial charge in [-0.3, -0.25) is 0 Å². The molecule has 0 unspecified atom stereocenters. The lowest BCUT2D eigenvalue weighted by Gasteiger charge is -2.38. The molecule has 0 spiro atoms. The summed E-state index contributed by atoms with van der Waals surface area (Å²) in [5.41, 5.74) is 2.65. The highest BCUT2D eigenvalue weighted by Gasteiger charge is 2.35. The number of hydrogen-bond acceptors (Lipinski definition) is 7. The number of aromatic nitrogens is 4. The van der Waals surface area contributed by atoms with Crippen LogP contribution in [0.5, 0.6) is 11.5 Å². The topological polar surface area (TPSA) is 94.2 Å². The Labute approximate surface area is 149 Å². The molecule has 8 heteroatoms. The predicted octanol–water partition coefficient (Wildman–Crippen LogP) is 2.24. The van der Waals surface area contributed by atoms with Crippen LogP contribution < -0.4 is 14.8 Å². The molecule has 8 nitrogen and oxygen atoms in total. The second-order valence-electron chi connectivity index (χ2n) is 6.64. The largest absolute Gasteiger partial charge is 0.454 e. The maximum Gasteiger partial charge on any atom is 0.231 e. The number of benzene rings is 1. The Balaban J connectivity index is 1.46. The number of anilines is 1. The molecule has 0 atom stereocenters. The third-order valence-electron chi connectivity index (χ3n) is 5.25. The van der Waals surface area contributed by atoms with Gasteiger partial charge in [-0.1, -0.05) is 6.07 Å². The van der Waals surface area contributed by atoms with E-state index < -0.39 is 0 Å². The van der Waals surface area contributed by atoms with Crippen molar-refractivity contribution < 1.29 is 14.2 Å². The van der Waals surface area contributed by atoms with E-state index in [0.29, 0.717) is 5.65 Å². The number of fused-ring (bicyclic) bond motifs is 2. The van der Waals surface area contributed by atoms with Crippen molar-refractivity contribution >= 4 is 17.0 Å². The van der Waals surface area contributed by atoms with E-state index in [4.69, 9.17) is 14.2 Å². The molecule has 2 aromatic heterocycles. The summed E-state index contributed by atoms with van der Waals surface area (Å²) >= 11 is 0. The molecular weight excluding hydrogens is 334 g/mol. The minimum atomic E-state index is -0.0590. The van der Waals surface area contributed by atoms with Crippen molar-refractivity contribution in [2.24, 2.45) is 0 Å². The van der Waals surface area contributed by atoms with Gasteiger partial charge in [0.05, 0.1) is 6.33 Å². The molecule has 5 rings (SSSR count). The molecule has 2 aliphatic heterocycles. The normalized spacial score (nSPS) is 18.2. The Hall–Kier alpha value is -2.87. The standard InChI is InChI=1S/C18H19N5O3/c1-2-13-14(26-11-25-13)7-12(1)18(3-5-24-6-4-18)8-19-16-15-17(21-9-20-15)23-10-22-16/h1-2,7,9-10H,3-6,8,11H2,(H2,19,20,21,22,23). The molecule has 0 saturated carbocycles. The van der Waals surface area contributed by atoms with Crippen LogP contribution in [-0.2, 0) is 10.2 Å². The van der Waals surface area contributed by atoms with Crippen LogP contribution in [0.2, 0.25) is 0 Å². The quantitative estimate of drug-likeness (QED) is 0.743. The van der Waals surface area contributed by atoms with Gasteiger partial charge in [0.25, 0.3) is 0 Å². The molecular formula is C18H19N5O3. The SMILES string of the molecule is c1nc(NCC2(c3ccc4c(c3)OCO4)CCOCC2)c2[nH]cnc2n1. The molecule has 134 valence electrons. The fraction of sp³-hybridized carbons (Fsp3) is 0.389. The van der Waals surface area contributed by atoms with E-state index in [9.17, 15) is 0 Å². The molecule has 3 aromatic rings. The molecule has 1 saturated heterocycles. The van der Waals surface area contributed by atoms with Crippen LogP contribution in [0.3, 0.4) is 0 Å². The number of nitrogens with zero attached hydrogens (tertiary/aromatic N) is 3. The van der Waals surface area contributed by atoms with Crippen molar-refractivity contribution in [1.82, 2.24) is 19.9 Å². The number of aromatic amines is 1. The van der Waals surface area contributed by atoms with Gasteiger partial charge in [0, 0.05) is 25.2 Å². The van der Waals surface area contributed by atoms with E-state index in [1.54, 1.807) is 6.33 Å². The summed E-state index contributed by atoms with van der Waals surface area (Å²) in [7, 11) is 0. The number of ether oxygens (including phenoxy) is 3. The first-order valence-corrected chi connectivity index (χ1v) is 8.70. The fourth-order valence-electron chi connectivity index (χ4n) is 3.71. The second-order valence-corrected chi connectivity index (χ2v) is 6.64. The first-order chi connectivity index (χ1) is 12.8. The maximum atomic E-state index is 5.62. The Morgan fingerprint density at radius 1 is 1.08 bits per heavy atom. The number of nitrogens with one attached hydrogen (secondary N) is 2. The number of hydrogen-bond donors (Lipinski definition) is 2. The maximum absolute atomic E-state index is 5.62. The summed E-state index contributed by atoms with van der Waals surface area (Å²) in [6.45, 7) is 2.49. The highest BCUT2D eigenvalue weighted by molar-refractivity contribution is 5.81. The smallest absolute Gasteiger partial charge is 0.231 e. The molecule has 1 fully saturated rings. The summed E-state index contributed by atoms with van der Waals surface area (Å²) in [6, 6.07) is 6.22. The summed E-state index contributed by atoms with van der Waals surface area (Å²) < 4.78 is 16.7. The van der Waals surface area contributed by atoms with Crippen LogP contribution >= 0.6 is 0 Å². The number of imidazole rings is 1. The zero-order valence-electron chi connectivity index (χ0n) is 14.2. The van der Waals surface area contributed by atoms with Gasteiger partial charge in [-0.25, -0.2) is 15.0 Å². The van der Waals surface area contributed by atoms with Gasteiger partial charge < -0.3 is 24.5 Å². The van der Waals surface area contributed by atoms with Gasteiger partial charge >= 0.3 is 0 Å². The first-order valence-electron chi connectivity index (χ1n) is 8.70. The molecule has 0 aliphatic carbocycles. The second kappa shape index (κ2) is 6.14. The Morgan fingerprint density at radius 2 is 1.96 bits per heavy atom. The highest BCUT2D eigenvalue weighted by atomic mass is 16.7. The average molecular weight is 353 g/mol. The summed E-state index contributed by atoms with van der Waals surface area (Å²) in [5, 5.41) is 3.50.